The van der Waals surface area contributed by atoms with E-state index in [9.17, 15) is 0 Å². The molecule has 0 unspecified atom stereocenters. The van der Waals surface area contributed by atoms with Crippen LogP contribution in [0, 0.1) is 6.92 Å². The van der Waals surface area contributed by atoms with Crippen LogP contribution in [0.15, 0.2) is 36.5 Å². The summed E-state index contributed by atoms with van der Waals surface area (Å²) in [5, 5.41) is 3.93. The predicted molar refractivity (Wildman–Crippen MR) is 86.5 cm³/mol. The smallest absolute Gasteiger partial charge is 0.132 e. The first kappa shape index (κ1) is 14.9. The molecule has 2 nitrogen and oxygen atoms in total. The lowest BCUT2D eigenvalue weighted by atomic mass is 9.87. The minimum absolute atomic E-state index is 0.198. The number of benzene rings is 1. The van der Waals surface area contributed by atoms with Gasteiger partial charge in [-0.25, -0.2) is 4.98 Å². The summed E-state index contributed by atoms with van der Waals surface area (Å²) in [5.74, 6) is 0. The van der Waals surface area contributed by atoms with Gasteiger partial charge in [0.2, 0.25) is 0 Å². The maximum atomic E-state index is 5.92. The normalized spacial score (nSPS) is 11.4. The Kier molecular flexibility index (Phi) is 4.34. The van der Waals surface area contributed by atoms with Crippen LogP contribution in [0.2, 0.25) is 5.15 Å². The van der Waals surface area contributed by atoms with Crippen molar-refractivity contribution < 1.29 is 0 Å². The van der Waals surface area contributed by atoms with E-state index in [2.05, 4.69) is 55.3 Å². The number of nitrogens with one attached hydrogen (secondary N) is 1. The summed E-state index contributed by atoms with van der Waals surface area (Å²) in [5.41, 5.74) is 4.78. The fourth-order valence-corrected chi connectivity index (χ4v) is 2.08. The molecule has 0 aliphatic heterocycles. The zero-order chi connectivity index (χ0) is 14.8. The molecule has 1 heterocycles. The second-order valence-electron chi connectivity index (χ2n) is 6.13. The van der Waals surface area contributed by atoms with Crippen molar-refractivity contribution >= 4 is 17.3 Å². The largest absolute Gasteiger partial charge is 0.380 e. The van der Waals surface area contributed by atoms with E-state index >= 15 is 0 Å². The Morgan fingerprint density at radius 3 is 2.35 bits per heavy atom. The Labute approximate surface area is 126 Å². The third-order valence-corrected chi connectivity index (χ3v) is 3.73. The lowest BCUT2D eigenvalue weighted by Gasteiger charge is -2.19. The molecule has 0 fully saturated rings. The van der Waals surface area contributed by atoms with Gasteiger partial charge in [-0.2, -0.15) is 0 Å². The number of rotatable bonds is 3. The van der Waals surface area contributed by atoms with E-state index in [-0.39, 0.29) is 5.41 Å². The first-order chi connectivity index (χ1) is 9.36. The maximum Gasteiger partial charge on any atom is 0.132 e. The standard InChI is InChI=1S/C17H21ClN2/c1-12-9-15(11-20-16(12)18)19-10-13-5-7-14(8-6-13)17(2,3)4/h5-9,11,19H,10H2,1-4H3. The zero-order valence-electron chi connectivity index (χ0n) is 12.5. The molecule has 0 saturated carbocycles. The van der Waals surface area contributed by atoms with Gasteiger partial charge in [-0.3, -0.25) is 0 Å². The number of nitrogens with zero attached hydrogens (tertiary/aromatic N) is 1. The van der Waals surface area contributed by atoms with Crippen molar-refractivity contribution in [3.05, 3.63) is 58.4 Å². The molecule has 1 aromatic heterocycles. The van der Waals surface area contributed by atoms with Crippen molar-refractivity contribution in [2.45, 2.75) is 39.7 Å². The average molecular weight is 289 g/mol. The van der Waals surface area contributed by atoms with Crippen LogP contribution < -0.4 is 5.32 Å². The van der Waals surface area contributed by atoms with Crippen LogP contribution in [0.5, 0.6) is 0 Å². The fraction of sp³-hybridized carbons (Fsp3) is 0.353. The molecule has 1 aromatic carbocycles. The molecule has 0 saturated heterocycles. The van der Waals surface area contributed by atoms with Gasteiger partial charge in [-0.15, -0.1) is 0 Å². The van der Waals surface area contributed by atoms with Gasteiger partial charge in [0.1, 0.15) is 5.15 Å². The van der Waals surface area contributed by atoms with Gasteiger partial charge in [0, 0.05) is 6.54 Å². The summed E-state index contributed by atoms with van der Waals surface area (Å²) in [4.78, 5) is 4.14. The van der Waals surface area contributed by atoms with Crippen LogP contribution in [-0.2, 0) is 12.0 Å². The molecule has 2 rings (SSSR count). The van der Waals surface area contributed by atoms with Crippen LogP contribution in [0.1, 0.15) is 37.5 Å². The molecule has 106 valence electrons. The fourth-order valence-electron chi connectivity index (χ4n) is 1.98. The van der Waals surface area contributed by atoms with Crippen LogP contribution in [0.4, 0.5) is 5.69 Å². The minimum Gasteiger partial charge on any atom is -0.380 e. The molecule has 20 heavy (non-hydrogen) atoms. The van der Waals surface area contributed by atoms with Gasteiger partial charge in [0.25, 0.3) is 0 Å². The lowest BCUT2D eigenvalue weighted by molar-refractivity contribution is 0.590. The number of hydrogen-bond donors (Lipinski definition) is 1. The molecular weight excluding hydrogens is 268 g/mol. The lowest BCUT2D eigenvalue weighted by Crippen LogP contribution is -2.11. The van der Waals surface area contributed by atoms with E-state index < -0.39 is 0 Å². The van der Waals surface area contributed by atoms with Crippen molar-refractivity contribution in [1.82, 2.24) is 4.98 Å². The Morgan fingerprint density at radius 2 is 1.80 bits per heavy atom. The first-order valence-corrected chi connectivity index (χ1v) is 7.19. The Morgan fingerprint density at radius 1 is 1.15 bits per heavy atom. The maximum absolute atomic E-state index is 5.92. The van der Waals surface area contributed by atoms with Crippen molar-refractivity contribution in [2.24, 2.45) is 0 Å². The number of hydrogen-bond acceptors (Lipinski definition) is 2. The molecular formula is C17H21ClN2. The second-order valence-corrected chi connectivity index (χ2v) is 6.49. The van der Waals surface area contributed by atoms with E-state index in [1.807, 2.05) is 13.0 Å². The van der Waals surface area contributed by atoms with Gasteiger partial charge in [-0.05, 0) is 35.1 Å². The molecule has 0 atom stereocenters. The second kappa shape index (κ2) is 5.84. The highest BCUT2D eigenvalue weighted by Gasteiger charge is 2.12. The number of pyridine rings is 1. The average Bonchev–Trinajstić information content (AvgIpc) is 2.40. The van der Waals surface area contributed by atoms with Gasteiger partial charge in [0.15, 0.2) is 0 Å². The van der Waals surface area contributed by atoms with Crippen molar-refractivity contribution in [2.75, 3.05) is 5.32 Å². The summed E-state index contributed by atoms with van der Waals surface area (Å²) in [6.45, 7) is 9.42. The molecule has 3 heteroatoms. The summed E-state index contributed by atoms with van der Waals surface area (Å²) in [6.07, 6.45) is 1.76. The van der Waals surface area contributed by atoms with Crippen LogP contribution in [0.25, 0.3) is 0 Å². The Hall–Kier alpha value is -1.54. The molecule has 0 aliphatic rings. The third-order valence-electron chi connectivity index (χ3n) is 3.33. The highest BCUT2D eigenvalue weighted by molar-refractivity contribution is 6.30. The molecule has 0 amide bonds. The molecule has 0 radical (unpaired) electrons. The van der Waals surface area contributed by atoms with E-state index in [4.69, 9.17) is 11.6 Å². The molecule has 1 N–H and O–H groups in total. The van der Waals surface area contributed by atoms with Crippen LogP contribution >= 0.6 is 11.6 Å². The van der Waals surface area contributed by atoms with Gasteiger partial charge in [0.05, 0.1) is 11.9 Å². The molecule has 0 spiro atoms. The first-order valence-electron chi connectivity index (χ1n) is 6.82. The highest BCUT2D eigenvalue weighted by atomic mass is 35.5. The van der Waals surface area contributed by atoms with Crippen LogP contribution in [-0.4, -0.2) is 4.98 Å². The van der Waals surface area contributed by atoms with E-state index in [0.717, 1.165) is 17.8 Å². The molecule has 0 aliphatic carbocycles. The van der Waals surface area contributed by atoms with Gasteiger partial charge < -0.3 is 5.32 Å². The monoisotopic (exact) mass is 288 g/mol. The zero-order valence-corrected chi connectivity index (χ0v) is 13.3. The minimum atomic E-state index is 0.198. The number of anilines is 1. The number of aryl methyl sites for hydroxylation is 1. The van der Waals surface area contributed by atoms with E-state index in [1.54, 1.807) is 6.20 Å². The Balaban J connectivity index is 2.02. The molecule has 2 aromatic rings. The van der Waals surface area contributed by atoms with E-state index in [1.165, 1.54) is 11.1 Å². The molecule has 0 bridgehead atoms. The van der Waals surface area contributed by atoms with Crippen LogP contribution in [0.3, 0.4) is 0 Å². The summed E-state index contributed by atoms with van der Waals surface area (Å²) < 4.78 is 0. The predicted octanol–water partition coefficient (Wildman–Crippen LogP) is 4.95. The Bertz CT molecular complexity index is 583. The number of aromatic nitrogens is 1. The van der Waals surface area contributed by atoms with Crippen molar-refractivity contribution in [3.63, 3.8) is 0 Å². The van der Waals surface area contributed by atoms with E-state index in [0.29, 0.717) is 5.15 Å². The summed E-state index contributed by atoms with van der Waals surface area (Å²) in [7, 11) is 0. The highest BCUT2D eigenvalue weighted by Crippen LogP contribution is 2.22. The third kappa shape index (κ3) is 3.73. The van der Waals surface area contributed by atoms with Crippen molar-refractivity contribution in [3.8, 4) is 0 Å². The van der Waals surface area contributed by atoms with Crippen molar-refractivity contribution in [1.29, 1.82) is 0 Å². The SMILES string of the molecule is Cc1cc(NCc2ccc(C(C)(C)C)cc2)cnc1Cl. The number of halogens is 1. The topological polar surface area (TPSA) is 24.9 Å². The summed E-state index contributed by atoms with van der Waals surface area (Å²) >= 11 is 5.92. The quantitative estimate of drug-likeness (QED) is 0.808. The van der Waals surface area contributed by atoms with Gasteiger partial charge >= 0.3 is 0 Å². The summed E-state index contributed by atoms with van der Waals surface area (Å²) in [6, 6.07) is 10.7. The van der Waals surface area contributed by atoms with Gasteiger partial charge in [-0.1, -0.05) is 56.6 Å².